The van der Waals surface area contributed by atoms with Crippen molar-refractivity contribution in [1.82, 2.24) is 0 Å². The van der Waals surface area contributed by atoms with Gasteiger partial charge in [-0.3, -0.25) is 0 Å². The van der Waals surface area contributed by atoms with E-state index in [2.05, 4.69) is 17.4 Å². The summed E-state index contributed by atoms with van der Waals surface area (Å²) in [7, 11) is 0. The van der Waals surface area contributed by atoms with Gasteiger partial charge in [0.15, 0.2) is 0 Å². The van der Waals surface area contributed by atoms with Crippen molar-refractivity contribution in [3.63, 3.8) is 0 Å². The van der Waals surface area contributed by atoms with Gasteiger partial charge in [0.2, 0.25) is 0 Å². The molecule has 0 heterocycles. The fourth-order valence-corrected chi connectivity index (χ4v) is 1.27. The summed E-state index contributed by atoms with van der Waals surface area (Å²) in [6.07, 6.45) is 11.9. The van der Waals surface area contributed by atoms with Crippen LogP contribution in [0.2, 0.25) is 0 Å². The lowest BCUT2D eigenvalue weighted by molar-refractivity contribution is 0.256. The molecule has 0 aliphatic heterocycles. The van der Waals surface area contributed by atoms with Crippen LogP contribution in [0.4, 0.5) is 4.79 Å². The van der Waals surface area contributed by atoms with Crippen LogP contribution in [0, 0.1) is 18.3 Å². The molecule has 0 radical (unpaired) electrons. The van der Waals surface area contributed by atoms with Gasteiger partial charge in [0.1, 0.15) is 0 Å². The first-order valence-corrected chi connectivity index (χ1v) is 4.18. The first-order valence-electron chi connectivity index (χ1n) is 4.18. The molecule has 1 aliphatic rings. The molecular formula is C9H16N2O. The largest absolute Gasteiger partial charge is 0.352 e. The average Bonchev–Trinajstić information content (AvgIpc) is 2.05. The van der Waals surface area contributed by atoms with Crippen LogP contribution in [0.15, 0.2) is 0 Å². The Kier molecular flexibility index (Phi) is 5.90. The van der Waals surface area contributed by atoms with E-state index in [-0.39, 0.29) is 0 Å². The molecular weight excluding hydrogens is 152 g/mol. The lowest BCUT2D eigenvalue weighted by Crippen LogP contribution is -2.18. The quantitative estimate of drug-likeness (QED) is 0.525. The predicted molar refractivity (Wildman–Crippen MR) is 49.2 cm³/mol. The number of urea groups is 1. The summed E-state index contributed by atoms with van der Waals surface area (Å²) in [6.45, 7) is 0. The van der Waals surface area contributed by atoms with Gasteiger partial charge in [-0.15, -0.1) is 12.3 Å². The minimum Gasteiger partial charge on any atom is -0.352 e. The number of terminal acetylenes is 1. The van der Waals surface area contributed by atoms with Gasteiger partial charge in [0.05, 0.1) is 0 Å². The predicted octanol–water partition coefficient (Wildman–Crippen LogP) is 1.22. The summed E-state index contributed by atoms with van der Waals surface area (Å²) >= 11 is 0. The van der Waals surface area contributed by atoms with Gasteiger partial charge >= 0.3 is 6.03 Å². The molecule has 0 aromatic rings. The third-order valence-corrected chi connectivity index (χ3v) is 1.84. The van der Waals surface area contributed by atoms with Crippen molar-refractivity contribution in [2.75, 3.05) is 0 Å². The van der Waals surface area contributed by atoms with Crippen molar-refractivity contribution < 1.29 is 4.79 Å². The highest BCUT2D eigenvalue weighted by atomic mass is 16.2. The maximum absolute atomic E-state index is 9.00. The Labute approximate surface area is 73.5 Å². The number of primary amides is 2. The van der Waals surface area contributed by atoms with Crippen molar-refractivity contribution in [2.45, 2.75) is 32.1 Å². The molecule has 1 fully saturated rings. The second kappa shape index (κ2) is 6.53. The van der Waals surface area contributed by atoms with Gasteiger partial charge in [-0.05, 0) is 12.8 Å². The molecule has 2 amide bonds. The first kappa shape index (κ1) is 10.8. The molecule has 0 bridgehead atoms. The number of carbonyl (C=O) groups excluding carboxylic acids is 1. The van der Waals surface area contributed by atoms with E-state index in [0.29, 0.717) is 5.92 Å². The highest BCUT2D eigenvalue weighted by Crippen LogP contribution is 2.22. The standard InChI is InChI=1S/C8H12.CH4N2O/c1-2-8-6-4-3-5-7-8;2-1(3)4/h1,8H,3-7H2;(H4,2,3,4). The zero-order chi connectivity index (χ0) is 9.40. The molecule has 1 rings (SSSR count). The molecule has 0 unspecified atom stereocenters. The van der Waals surface area contributed by atoms with Gasteiger partial charge < -0.3 is 11.5 Å². The molecule has 3 nitrogen and oxygen atoms in total. The van der Waals surface area contributed by atoms with Crippen LogP contribution in [-0.2, 0) is 0 Å². The number of rotatable bonds is 0. The van der Waals surface area contributed by atoms with Gasteiger partial charge in [0.25, 0.3) is 0 Å². The van der Waals surface area contributed by atoms with Crippen LogP contribution in [-0.4, -0.2) is 6.03 Å². The first-order chi connectivity index (χ1) is 5.66. The van der Waals surface area contributed by atoms with Crippen molar-refractivity contribution in [1.29, 1.82) is 0 Å². The van der Waals surface area contributed by atoms with E-state index in [1.165, 1.54) is 32.1 Å². The number of nitrogens with two attached hydrogens (primary N) is 2. The smallest absolute Gasteiger partial charge is 0.309 e. The van der Waals surface area contributed by atoms with Crippen LogP contribution in [0.1, 0.15) is 32.1 Å². The maximum Gasteiger partial charge on any atom is 0.309 e. The summed E-state index contributed by atoms with van der Waals surface area (Å²) in [5, 5.41) is 0. The second-order valence-electron chi connectivity index (χ2n) is 2.90. The van der Waals surface area contributed by atoms with Crippen molar-refractivity contribution in [3.05, 3.63) is 0 Å². The van der Waals surface area contributed by atoms with E-state index in [0.717, 1.165) is 0 Å². The minimum atomic E-state index is -0.833. The van der Waals surface area contributed by atoms with Crippen molar-refractivity contribution >= 4 is 6.03 Å². The average molecular weight is 168 g/mol. The van der Waals surface area contributed by atoms with E-state index >= 15 is 0 Å². The monoisotopic (exact) mass is 168 g/mol. The molecule has 1 aliphatic carbocycles. The number of carbonyl (C=O) groups is 1. The van der Waals surface area contributed by atoms with E-state index < -0.39 is 6.03 Å². The van der Waals surface area contributed by atoms with E-state index in [9.17, 15) is 0 Å². The van der Waals surface area contributed by atoms with Crippen molar-refractivity contribution in [3.8, 4) is 12.3 Å². The minimum absolute atomic E-state index is 0.615. The zero-order valence-corrected chi connectivity index (χ0v) is 7.25. The Hall–Kier alpha value is -1.17. The molecule has 3 heteroatoms. The fourth-order valence-electron chi connectivity index (χ4n) is 1.27. The number of hydrogen-bond donors (Lipinski definition) is 2. The van der Waals surface area contributed by atoms with Crippen LogP contribution < -0.4 is 11.5 Å². The third-order valence-electron chi connectivity index (χ3n) is 1.84. The zero-order valence-electron chi connectivity index (χ0n) is 7.25. The molecule has 0 aromatic heterocycles. The van der Waals surface area contributed by atoms with E-state index in [1.54, 1.807) is 0 Å². The molecule has 1 saturated carbocycles. The highest BCUT2D eigenvalue weighted by molar-refractivity contribution is 5.69. The fraction of sp³-hybridized carbons (Fsp3) is 0.667. The molecule has 0 saturated heterocycles. The summed E-state index contributed by atoms with van der Waals surface area (Å²) in [5.74, 6) is 3.42. The second-order valence-corrected chi connectivity index (χ2v) is 2.90. The Morgan fingerprint density at radius 3 is 1.92 bits per heavy atom. The lowest BCUT2D eigenvalue weighted by Gasteiger charge is -2.14. The van der Waals surface area contributed by atoms with E-state index in [1.807, 2.05) is 0 Å². The number of hydrogen-bond acceptors (Lipinski definition) is 1. The highest BCUT2D eigenvalue weighted by Gasteiger charge is 2.08. The molecule has 0 aromatic carbocycles. The molecule has 4 N–H and O–H groups in total. The Bertz CT molecular complexity index is 162. The maximum atomic E-state index is 9.00. The van der Waals surface area contributed by atoms with Crippen LogP contribution in [0.3, 0.4) is 0 Å². The van der Waals surface area contributed by atoms with Crippen molar-refractivity contribution in [2.24, 2.45) is 17.4 Å². The van der Waals surface area contributed by atoms with Gasteiger partial charge in [-0.2, -0.15) is 0 Å². The van der Waals surface area contributed by atoms with E-state index in [4.69, 9.17) is 11.2 Å². The van der Waals surface area contributed by atoms with Crippen LogP contribution in [0.5, 0.6) is 0 Å². The lowest BCUT2D eigenvalue weighted by atomic mass is 9.90. The third kappa shape index (κ3) is 6.94. The molecule has 0 spiro atoms. The molecule has 0 atom stereocenters. The van der Waals surface area contributed by atoms with Crippen LogP contribution >= 0.6 is 0 Å². The van der Waals surface area contributed by atoms with Gasteiger partial charge in [0, 0.05) is 5.92 Å². The van der Waals surface area contributed by atoms with Gasteiger partial charge in [-0.25, -0.2) is 4.79 Å². The summed E-state index contributed by atoms with van der Waals surface area (Å²) in [4.78, 5) is 9.00. The Balaban J connectivity index is 0.000000261. The number of amides is 2. The summed E-state index contributed by atoms with van der Waals surface area (Å²) < 4.78 is 0. The Morgan fingerprint density at radius 2 is 1.67 bits per heavy atom. The van der Waals surface area contributed by atoms with Gasteiger partial charge in [-0.1, -0.05) is 19.3 Å². The SMILES string of the molecule is C#CC1CCCCC1.NC(N)=O. The topological polar surface area (TPSA) is 69.1 Å². The summed E-state index contributed by atoms with van der Waals surface area (Å²) in [5.41, 5.74) is 8.50. The molecule has 68 valence electrons. The summed E-state index contributed by atoms with van der Waals surface area (Å²) in [6, 6.07) is -0.833. The molecule has 12 heavy (non-hydrogen) atoms. The Morgan fingerprint density at radius 1 is 1.25 bits per heavy atom. The normalized spacial score (nSPS) is 16.9. The van der Waals surface area contributed by atoms with Crippen LogP contribution in [0.25, 0.3) is 0 Å².